The van der Waals surface area contributed by atoms with Gasteiger partial charge >= 0.3 is 0 Å². The third-order valence-electron chi connectivity index (χ3n) is 15.3. The van der Waals surface area contributed by atoms with Crippen molar-refractivity contribution in [2.24, 2.45) is 0 Å². The lowest BCUT2D eigenvalue weighted by Gasteiger charge is -2.12. The zero-order valence-electron chi connectivity index (χ0n) is 43.3. The minimum atomic E-state index is 0.966. The first-order valence-electron chi connectivity index (χ1n) is 26.9. The summed E-state index contributed by atoms with van der Waals surface area (Å²) in [5, 5.41) is 2.52. The van der Waals surface area contributed by atoms with E-state index in [0.29, 0.717) is 0 Å². The molecule has 0 atom stereocenters. The number of rotatable bonds is 4. The smallest absolute Gasteiger partial charge is 0.0970 e. The summed E-state index contributed by atoms with van der Waals surface area (Å²) in [6.07, 6.45) is 8.41. The molecule has 0 saturated carbocycles. The van der Waals surface area contributed by atoms with Crippen molar-refractivity contribution in [3.63, 3.8) is 0 Å². The van der Waals surface area contributed by atoms with Crippen molar-refractivity contribution in [2.45, 2.75) is 79.1 Å². The molecule has 9 aromatic carbocycles. The fraction of sp³-hybridized carbons (Fsp3) is 0.167. The molecule has 0 aliphatic heterocycles. The Morgan fingerprint density at radius 2 is 0.459 bits per heavy atom. The van der Waals surface area contributed by atoms with Gasteiger partial charge in [-0.05, 0) is 164 Å². The molecule has 74 heavy (non-hydrogen) atoms. The Morgan fingerprint density at radius 1 is 0.257 bits per heavy atom. The molecule has 0 bridgehead atoms. The number of hydrogen-bond acceptors (Lipinski definition) is 2. The third-order valence-corrected chi connectivity index (χ3v) is 15.3. The van der Waals surface area contributed by atoms with Gasteiger partial charge in [-0.3, -0.25) is 9.97 Å². The average molecular weight is 957 g/mol. The minimum Gasteiger partial charge on any atom is -0.251 e. The van der Waals surface area contributed by atoms with Crippen molar-refractivity contribution in [3.8, 4) is 44.5 Å². The van der Waals surface area contributed by atoms with Crippen LogP contribution in [0, 0.1) is 0 Å². The number of aryl methyl sites for hydroxylation is 4. The molecule has 11 aromatic rings. The van der Waals surface area contributed by atoms with Gasteiger partial charge in [-0.15, -0.1) is 0 Å². The standard InChI is InChI=1S/C20H24N2.4C13H10/c1-5-13-11-15(7-3)21-19-17(13)9-10-18-14(6-2)12-16(8-4)22-20(18)19;4*1-3-7-12-10(5-1)9-11-6-2-4-8-13(11)12/h9-12H,5-8H2,1-4H3;4*1-8H,9H2. The summed E-state index contributed by atoms with van der Waals surface area (Å²) >= 11 is 0. The molecule has 0 N–H and O–H groups in total. The highest BCUT2D eigenvalue weighted by Gasteiger charge is 2.19. The number of fused-ring (bicyclic) bond motifs is 15. The van der Waals surface area contributed by atoms with E-state index in [4.69, 9.17) is 9.97 Å². The SMILES string of the molecule is CCc1cc(CC)c2ccc3c(CC)cc(CC)nc3c2n1.c1ccc2c(c1)Cc1ccccc1-2.c1ccc2c(c1)Cc1ccccc1-2.c1ccc2c(c1)Cc1ccccc1-2.c1ccc2c(c1)Cc1ccccc1-2. The van der Waals surface area contributed by atoms with Gasteiger partial charge in [0, 0.05) is 22.2 Å². The van der Waals surface area contributed by atoms with E-state index in [-0.39, 0.29) is 0 Å². The number of aromatic nitrogens is 2. The molecule has 0 spiro atoms. The van der Waals surface area contributed by atoms with Crippen molar-refractivity contribution in [3.05, 3.63) is 285 Å². The normalized spacial score (nSPS) is 12.1. The summed E-state index contributed by atoms with van der Waals surface area (Å²) in [6.45, 7) is 8.76. The van der Waals surface area contributed by atoms with E-state index in [1.807, 2.05) is 0 Å². The maximum Gasteiger partial charge on any atom is 0.0970 e. The van der Waals surface area contributed by atoms with Gasteiger partial charge in [0.2, 0.25) is 0 Å². The molecule has 0 unspecified atom stereocenters. The highest BCUT2D eigenvalue weighted by molar-refractivity contribution is 6.05. The van der Waals surface area contributed by atoms with E-state index in [0.717, 1.165) is 62.4 Å². The van der Waals surface area contributed by atoms with E-state index >= 15 is 0 Å². The van der Waals surface area contributed by atoms with E-state index in [9.17, 15) is 0 Å². The van der Waals surface area contributed by atoms with Crippen molar-refractivity contribution in [1.82, 2.24) is 9.97 Å². The van der Waals surface area contributed by atoms with Crippen LogP contribution in [-0.2, 0) is 51.4 Å². The Labute approximate surface area is 438 Å². The summed E-state index contributed by atoms with van der Waals surface area (Å²) in [6, 6.07) is 78.2. The van der Waals surface area contributed by atoms with Gasteiger partial charge in [-0.25, -0.2) is 0 Å². The second kappa shape index (κ2) is 21.9. The minimum absolute atomic E-state index is 0.966. The van der Waals surface area contributed by atoms with Gasteiger partial charge in [0.05, 0.1) is 11.0 Å². The van der Waals surface area contributed by atoms with Gasteiger partial charge in [0.25, 0.3) is 0 Å². The highest BCUT2D eigenvalue weighted by atomic mass is 14.8. The monoisotopic (exact) mass is 957 g/mol. The lowest BCUT2D eigenvalue weighted by Crippen LogP contribution is -1.99. The van der Waals surface area contributed by atoms with Crippen molar-refractivity contribution < 1.29 is 0 Å². The summed E-state index contributed by atoms with van der Waals surface area (Å²) in [4.78, 5) is 9.84. The fourth-order valence-corrected chi connectivity index (χ4v) is 11.5. The first-order valence-corrected chi connectivity index (χ1v) is 26.9. The topological polar surface area (TPSA) is 25.8 Å². The molecule has 2 nitrogen and oxygen atoms in total. The first kappa shape index (κ1) is 48.1. The van der Waals surface area contributed by atoms with Gasteiger partial charge < -0.3 is 0 Å². The highest BCUT2D eigenvalue weighted by Crippen LogP contribution is 2.39. The Kier molecular flexibility index (Phi) is 14.2. The van der Waals surface area contributed by atoms with Gasteiger partial charge in [-0.1, -0.05) is 234 Å². The third kappa shape index (κ3) is 9.73. The summed E-state index contributed by atoms with van der Waals surface area (Å²) < 4.78 is 0. The molecule has 362 valence electrons. The molecule has 0 radical (unpaired) electrons. The number of pyridine rings is 2. The molecule has 2 heteroatoms. The van der Waals surface area contributed by atoms with Crippen LogP contribution >= 0.6 is 0 Å². The summed E-state index contributed by atoms with van der Waals surface area (Å²) in [7, 11) is 0. The average Bonchev–Trinajstić information content (AvgIpc) is 4.25. The van der Waals surface area contributed by atoms with E-state index in [2.05, 4.69) is 246 Å². The van der Waals surface area contributed by atoms with Crippen LogP contribution in [0.25, 0.3) is 66.3 Å². The molecule has 4 aliphatic rings. The zero-order valence-corrected chi connectivity index (χ0v) is 43.3. The summed E-state index contributed by atoms with van der Waals surface area (Å²) in [5.74, 6) is 0. The van der Waals surface area contributed by atoms with Gasteiger partial charge in [-0.2, -0.15) is 0 Å². The van der Waals surface area contributed by atoms with Crippen LogP contribution in [-0.4, -0.2) is 9.97 Å². The van der Waals surface area contributed by atoms with Crippen LogP contribution in [0.4, 0.5) is 0 Å². The molecule has 2 heterocycles. The van der Waals surface area contributed by atoms with E-state index in [1.165, 1.54) is 122 Å². The number of benzene rings is 9. The number of nitrogens with zero attached hydrogens (tertiary/aromatic N) is 2. The van der Waals surface area contributed by atoms with Gasteiger partial charge in [0.15, 0.2) is 0 Å². The van der Waals surface area contributed by atoms with E-state index < -0.39 is 0 Å². The molecule has 0 saturated heterocycles. The Morgan fingerprint density at radius 3 is 0.649 bits per heavy atom. The predicted molar refractivity (Wildman–Crippen MR) is 313 cm³/mol. The fourth-order valence-electron chi connectivity index (χ4n) is 11.5. The lowest BCUT2D eigenvalue weighted by atomic mass is 9.99. The van der Waals surface area contributed by atoms with Crippen LogP contribution < -0.4 is 0 Å². The molecule has 4 aliphatic carbocycles. The lowest BCUT2D eigenvalue weighted by molar-refractivity contribution is 1.02. The van der Waals surface area contributed by atoms with E-state index in [1.54, 1.807) is 0 Å². The van der Waals surface area contributed by atoms with Crippen LogP contribution in [0.1, 0.15) is 94.7 Å². The first-order chi connectivity index (χ1) is 36.5. The maximum absolute atomic E-state index is 4.92. The molecular weight excluding hydrogens is 893 g/mol. The molecule has 0 fully saturated rings. The van der Waals surface area contributed by atoms with Crippen LogP contribution in [0.3, 0.4) is 0 Å². The molecular formula is C72H64N2. The quantitative estimate of drug-likeness (QED) is 0.164. The second-order valence-corrected chi connectivity index (χ2v) is 19.8. The zero-order chi connectivity index (χ0) is 50.4. The van der Waals surface area contributed by atoms with Crippen LogP contribution in [0.2, 0.25) is 0 Å². The molecule has 2 aromatic heterocycles. The second-order valence-electron chi connectivity index (χ2n) is 19.8. The van der Waals surface area contributed by atoms with Crippen molar-refractivity contribution in [2.75, 3.05) is 0 Å². The Hall–Kier alpha value is -8.20. The number of hydrogen-bond donors (Lipinski definition) is 0. The summed E-state index contributed by atoms with van der Waals surface area (Å²) in [5.41, 5.74) is 30.3. The molecule has 15 rings (SSSR count). The van der Waals surface area contributed by atoms with Gasteiger partial charge in [0.1, 0.15) is 0 Å². The maximum atomic E-state index is 4.92. The largest absolute Gasteiger partial charge is 0.251 e. The molecule has 0 amide bonds. The Balaban J connectivity index is 0.000000101. The van der Waals surface area contributed by atoms with Crippen LogP contribution in [0.15, 0.2) is 218 Å². The van der Waals surface area contributed by atoms with Crippen LogP contribution in [0.5, 0.6) is 0 Å². The Bertz CT molecular complexity index is 3200. The van der Waals surface area contributed by atoms with Crippen molar-refractivity contribution >= 4 is 21.8 Å². The van der Waals surface area contributed by atoms with Crippen molar-refractivity contribution in [1.29, 1.82) is 0 Å². The predicted octanol–water partition coefficient (Wildman–Crippen LogP) is 18.1.